The van der Waals surface area contributed by atoms with E-state index in [0.717, 1.165) is 31.4 Å². The van der Waals surface area contributed by atoms with Crippen molar-refractivity contribution < 1.29 is 17.6 Å². The van der Waals surface area contributed by atoms with Crippen LogP contribution in [-0.2, 0) is 6.18 Å². The van der Waals surface area contributed by atoms with Gasteiger partial charge in [-0.3, -0.25) is 0 Å². The minimum atomic E-state index is -4.66. The monoisotopic (exact) mass is 291 g/mol. The lowest BCUT2D eigenvalue weighted by Crippen LogP contribution is -2.20. The van der Waals surface area contributed by atoms with Gasteiger partial charge in [0.05, 0.1) is 5.56 Å². The fourth-order valence-corrected chi connectivity index (χ4v) is 2.41. The van der Waals surface area contributed by atoms with E-state index in [0.29, 0.717) is 11.5 Å². The Hall–Kier alpha value is -1.10. The normalized spacial score (nSPS) is 15.2. The lowest BCUT2D eigenvalue weighted by Gasteiger charge is -2.22. The molecule has 0 saturated heterocycles. The predicted molar refractivity (Wildman–Crippen MR) is 71.9 cm³/mol. The van der Waals surface area contributed by atoms with Crippen LogP contribution in [0.4, 0.5) is 17.6 Å². The van der Waals surface area contributed by atoms with E-state index in [2.05, 4.69) is 19.2 Å². The zero-order valence-electron chi connectivity index (χ0n) is 12.0. The molecule has 20 heavy (non-hydrogen) atoms. The summed E-state index contributed by atoms with van der Waals surface area (Å²) in [5.74, 6) is -0.824. The maximum Gasteiger partial charge on any atom is 0.419 e. The minimum Gasteiger partial charge on any atom is -0.313 e. The first-order valence-electron chi connectivity index (χ1n) is 6.83. The standard InChI is InChI=1S/C15H21F4N/c1-4-5-10(2)8-14(20-3)11-6-7-13(16)12(9-11)15(17,18)19/h6-7,9-10,14,20H,4-5,8H2,1-3H3. The third-order valence-electron chi connectivity index (χ3n) is 3.47. The van der Waals surface area contributed by atoms with Gasteiger partial charge in [-0.2, -0.15) is 13.2 Å². The average Bonchev–Trinajstić information content (AvgIpc) is 2.35. The lowest BCUT2D eigenvalue weighted by molar-refractivity contribution is -0.140. The van der Waals surface area contributed by atoms with Gasteiger partial charge in [0.25, 0.3) is 0 Å². The maximum atomic E-state index is 13.3. The summed E-state index contributed by atoms with van der Waals surface area (Å²) < 4.78 is 51.4. The SMILES string of the molecule is CCCC(C)CC(NC)c1ccc(F)c(C(F)(F)F)c1. The molecule has 2 unspecified atom stereocenters. The molecule has 1 aromatic carbocycles. The topological polar surface area (TPSA) is 12.0 Å². The second-order valence-electron chi connectivity index (χ2n) is 5.21. The molecule has 0 aliphatic carbocycles. The summed E-state index contributed by atoms with van der Waals surface area (Å²) in [6.45, 7) is 4.15. The van der Waals surface area contributed by atoms with Gasteiger partial charge in [0, 0.05) is 6.04 Å². The maximum absolute atomic E-state index is 13.3. The summed E-state index contributed by atoms with van der Waals surface area (Å²) in [6.07, 6.45) is -1.87. The third kappa shape index (κ3) is 4.47. The molecule has 1 rings (SSSR count). The number of rotatable bonds is 6. The number of hydrogen-bond acceptors (Lipinski definition) is 1. The second-order valence-corrected chi connectivity index (χ2v) is 5.21. The lowest BCUT2D eigenvalue weighted by atomic mass is 9.92. The van der Waals surface area contributed by atoms with Crippen molar-refractivity contribution in [1.29, 1.82) is 0 Å². The van der Waals surface area contributed by atoms with Crippen LogP contribution in [0.2, 0.25) is 0 Å². The highest BCUT2D eigenvalue weighted by atomic mass is 19.4. The highest BCUT2D eigenvalue weighted by Gasteiger charge is 2.34. The third-order valence-corrected chi connectivity index (χ3v) is 3.47. The van der Waals surface area contributed by atoms with Crippen molar-refractivity contribution in [3.05, 3.63) is 35.1 Å². The van der Waals surface area contributed by atoms with E-state index in [1.807, 2.05) is 0 Å². The summed E-state index contributed by atoms with van der Waals surface area (Å²) in [7, 11) is 1.71. The van der Waals surface area contributed by atoms with Crippen molar-refractivity contribution >= 4 is 0 Å². The van der Waals surface area contributed by atoms with E-state index < -0.39 is 17.6 Å². The Balaban J connectivity index is 2.99. The molecule has 0 bridgehead atoms. The minimum absolute atomic E-state index is 0.196. The summed E-state index contributed by atoms with van der Waals surface area (Å²) in [6, 6.07) is 3.03. The first kappa shape index (κ1) is 17.0. The van der Waals surface area contributed by atoms with Crippen molar-refractivity contribution in [2.24, 2.45) is 5.92 Å². The molecule has 5 heteroatoms. The molecule has 1 nitrogen and oxygen atoms in total. The van der Waals surface area contributed by atoms with Gasteiger partial charge in [0.1, 0.15) is 5.82 Å². The van der Waals surface area contributed by atoms with Crippen LogP contribution in [0.15, 0.2) is 18.2 Å². The Morgan fingerprint density at radius 3 is 2.40 bits per heavy atom. The van der Waals surface area contributed by atoms with E-state index in [4.69, 9.17) is 0 Å². The van der Waals surface area contributed by atoms with Crippen LogP contribution in [0.25, 0.3) is 0 Å². The van der Waals surface area contributed by atoms with Crippen LogP contribution in [0.1, 0.15) is 50.3 Å². The van der Waals surface area contributed by atoms with Crippen LogP contribution >= 0.6 is 0 Å². The Bertz CT molecular complexity index is 428. The molecule has 2 atom stereocenters. The molecule has 0 aliphatic rings. The molecule has 0 aliphatic heterocycles. The number of benzene rings is 1. The van der Waals surface area contributed by atoms with Gasteiger partial charge in [-0.1, -0.05) is 32.8 Å². The van der Waals surface area contributed by atoms with E-state index in [1.54, 1.807) is 7.05 Å². The molecule has 0 spiro atoms. The number of nitrogens with one attached hydrogen (secondary N) is 1. The molecule has 0 fully saturated rings. The number of alkyl halides is 3. The first-order chi connectivity index (χ1) is 9.29. The largest absolute Gasteiger partial charge is 0.419 e. The zero-order valence-corrected chi connectivity index (χ0v) is 12.0. The van der Waals surface area contributed by atoms with Crippen LogP contribution in [0.5, 0.6) is 0 Å². The summed E-state index contributed by atoms with van der Waals surface area (Å²) in [4.78, 5) is 0. The fraction of sp³-hybridized carbons (Fsp3) is 0.600. The van der Waals surface area contributed by atoms with Crippen LogP contribution in [0.3, 0.4) is 0 Å². The molecule has 1 aromatic rings. The van der Waals surface area contributed by atoms with E-state index in [1.165, 1.54) is 6.07 Å². The van der Waals surface area contributed by atoms with Crippen molar-refractivity contribution in [2.75, 3.05) is 7.05 Å². The molecule has 0 amide bonds. The summed E-state index contributed by atoms with van der Waals surface area (Å²) in [5.41, 5.74) is -0.720. The van der Waals surface area contributed by atoms with Gasteiger partial charge in [0.15, 0.2) is 0 Å². The Morgan fingerprint density at radius 2 is 1.90 bits per heavy atom. The molecular formula is C15H21F4N. The van der Waals surface area contributed by atoms with E-state index in [-0.39, 0.29) is 6.04 Å². The molecule has 0 saturated carbocycles. The Kier molecular flexibility index (Phi) is 5.99. The Morgan fingerprint density at radius 1 is 1.25 bits per heavy atom. The van der Waals surface area contributed by atoms with E-state index in [9.17, 15) is 17.6 Å². The molecule has 1 N–H and O–H groups in total. The van der Waals surface area contributed by atoms with Gasteiger partial charge in [-0.25, -0.2) is 4.39 Å². The molecular weight excluding hydrogens is 270 g/mol. The Labute approximate surface area is 117 Å². The highest BCUT2D eigenvalue weighted by Crippen LogP contribution is 2.34. The highest BCUT2D eigenvalue weighted by molar-refractivity contribution is 5.29. The predicted octanol–water partition coefficient (Wildman–Crippen LogP) is 4.93. The first-order valence-corrected chi connectivity index (χ1v) is 6.83. The molecule has 114 valence electrons. The summed E-state index contributed by atoms with van der Waals surface area (Å²) in [5, 5.41) is 3.02. The van der Waals surface area contributed by atoms with Crippen molar-refractivity contribution in [2.45, 2.75) is 45.3 Å². The zero-order chi connectivity index (χ0) is 15.3. The van der Waals surface area contributed by atoms with Gasteiger partial charge < -0.3 is 5.32 Å². The smallest absolute Gasteiger partial charge is 0.313 e. The summed E-state index contributed by atoms with van der Waals surface area (Å²) >= 11 is 0. The second kappa shape index (κ2) is 7.07. The number of hydrogen-bond donors (Lipinski definition) is 1. The average molecular weight is 291 g/mol. The van der Waals surface area contributed by atoms with Crippen molar-refractivity contribution in [3.63, 3.8) is 0 Å². The van der Waals surface area contributed by atoms with Crippen LogP contribution in [-0.4, -0.2) is 7.05 Å². The quantitative estimate of drug-likeness (QED) is 0.733. The van der Waals surface area contributed by atoms with E-state index >= 15 is 0 Å². The van der Waals surface area contributed by atoms with Gasteiger partial charge >= 0.3 is 6.18 Å². The van der Waals surface area contributed by atoms with Gasteiger partial charge in [0.2, 0.25) is 0 Å². The number of halogens is 4. The van der Waals surface area contributed by atoms with Crippen LogP contribution in [0, 0.1) is 11.7 Å². The van der Waals surface area contributed by atoms with Crippen molar-refractivity contribution in [3.8, 4) is 0 Å². The van der Waals surface area contributed by atoms with Gasteiger partial charge in [-0.15, -0.1) is 0 Å². The fourth-order valence-electron chi connectivity index (χ4n) is 2.41. The molecule has 0 radical (unpaired) electrons. The van der Waals surface area contributed by atoms with Crippen molar-refractivity contribution in [1.82, 2.24) is 5.32 Å². The van der Waals surface area contributed by atoms with Gasteiger partial charge in [-0.05, 0) is 37.1 Å². The molecule has 0 heterocycles. The molecule has 0 aromatic heterocycles. The van der Waals surface area contributed by atoms with Crippen LogP contribution < -0.4 is 5.32 Å².